The van der Waals surface area contributed by atoms with Crippen molar-refractivity contribution in [1.29, 1.82) is 0 Å². The van der Waals surface area contributed by atoms with E-state index in [4.69, 9.17) is 0 Å². The van der Waals surface area contributed by atoms with Crippen LogP contribution < -0.4 is 10.2 Å². The highest BCUT2D eigenvalue weighted by Crippen LogP contribution is 2.26. The second-order valence-electron chi connectivity index (χ2n) is 6.65. The van der Waals surface area contributed by atoms with E-state index in [1.54, 1.807) is 4.90 Å². The van der Waals surface area contributed by atoms with E-state index in [9.17, 15) is 9.59 Å². The molecule has 0 aromatic heterocycles. The minimum Gasteiger partial charge on any atom is -0.356 e. The highest BCUT2D eigenvalue weighted by Gasteiger charge is 2.34. The first kappa shape index (κ1) is 17.5. The quantitative estimate of drug-likeness (QED) is 0.783. The molecule has 1 heterocycles. The lowest BCUT2D eigenvalue weighted by Gasteiger charge is -2.17. The maximum Gasteiger partial charge on any atom is 0.227 e. The predicted octanol–water partition coefficient (Wildman–Crippen LogP) is 3.47. The standard InChI is InChI=1S/C19H28N2O2/c1-4-5-6-11-20-19(23)16-12-18(22)21(13-16)17-9-7-15(8-10-17)14(2)3/h7-10,14,16H,4-6,11-13H2,1-3H3,(H,20,23). The highest BCUT2D eigenvalue weighted by molar-refractivity contribution is 6.00. The van der Waals surface area contributed by atoms with Gasteiger partial charge in [0.15, 0.2) is 0 Å². The number of nitrogens with zero attached hydrogens (tertiary/aromatic N) is 1. The molecule has 1 aliphatic rings. The maximum atomic E-state index is 12.2. The molecule has 1 N–H and O–H groups in total. The number of unbranched alkanes of at least 4 members (excludes halogenated alkanes) is 2. The Bertz CT molecular complexity index is 537. The van der Waals surface area contributed by atoms with Crippen molar-refractivity contribution in [1.82, 2.24) is 5.32 Å². The van der Waals surface area contributed by atoms with E-state index in [2.05, 4.69) is 38.2 Å². The molecular weight excluding hydrogens is 288 g/mol. The van der Waals surface area contributed by atoms with Gasteiger partial charge in [0.2, 0.25) is 11.8 Å². The van der Waals surface area contributed by atoms with E-state index < -0.39 is 0 Å². The smallest absolute Gasteiger partial charge is 0.227 e. The molecule has 0 aliphatic carbocycles. The molecule has 23 heavy (non-hydrogen) atoms. The third-order valence-corrected chi connectivity index (χ3v) is 4.45. The largest absolute Gasteiger partial charge is 0.356 e. The molecule has 1 saturated heterocycles. The molecule has 1 aliphatic heterocycles. The van der Waals surface area contributed by atoms with Crippen LogP contribution in [0.1, 0.15) is 57.9 Å². The van der Waals surface area contributed by atoms with E-state index in [1.807, 2.05) is 12.1 Å². The van der Waals surface area contributed by atoms with Gasteiger partial charge in [0, 0.05) is 25.2 Å². The average Bonchev–Trinajstić information content (AvgIpc) is 2.93. The topological polar surface area (TPSA) is 49.4 Å². The fraction of sp³-hybridized carbons (Fsp3) is 0.579. The third-order valence-electron chi connectivity index (χ3n) is 4.45. The molecule has 0 bridgehead atoms. The Kier molecular flexibility index (Phi) is 6.20. The number of anilines is 1. The van der Waals surface area contributed by atoms with Crippen LogP contribution in [0.15, 0.2) is 24.3 Å². The lowest BCUT2D eigenvalue weighted by molar-refractivity contribution is -0.126. The summed E-state index contributed by atoms with van der Waals surface area (Å²) in [6.45, 7) is 7.63. The molecule has 1 fully saturated rings. The molecule has 1 unspecified atom stereocenters. The molecule has 1 aromatic rings. The molecule has 4 nitrogen and oxygen atoms in total. The van der Waals surface area contributed by atoms with Crippen LogP contribution >= 0.6 is 0 Å². The SMILES string of the molecule is CCCCCNC(=O)C1CC(=O)N(c2ccc(C(C)C)cc2)C1. The van der Waals surface area contributed by atoms with Crippen molar-refractivity contribution < 1.29 is 9.59 Å². The van der Waals surface area contributed by atoms with Gasteiger partial charge in [0.05, 0.1) is 5.92 Å². The molecular formula is C19H28N2O2. The summed E-state index contributed by atoms with van der Waals surface area (Å²) in [5.74, 6) is 0.292. The lowest BCUT2D eigenvalue weighted by atomic mass is 10.0. The van der Waals surface area contributed by atoms with Crippen molar-refractivity contribution >= 4 is 17.5 Å². The van der Waals surface area contributed by atoms with Crippen molar-refractivity contribution in [2.24, 2.45) is 5.92 Å². The zero-order chi connectivity index (χ0) is 16.8. The molecule has 2 amide bonds. The molecule has 126 valence electrons. The molecule has 4 heteroatoms. The number of hydrogen-bond acceptors (Lipinski definition) is 2. The average molecular weight is 316 g/mol. The van der Waals surface area contributed by atoms with Crippen molar-refractivity contribution in [3.05, 3.63) is 29.8 Å². The Morgan fingerprint density at radius 2 is 1.96 bits per heavy atom. The van der Waals surface area contributed by atoms with E-state index in [0.717, 1.165) is 24.9 Å². The van der Waals surface area contributed by atoms with Gasteiger partial charge in [0.1, 0.15) is 0 Å². The highest BCUT2D eigenvalue weighted by atomic mass is 16.2. The van der Waals surface area contributed by atoms with Crippen LogP contribution in [0, 0.1) is 5.92 Å². The van der Waals surface area contributed by atoms with E-state index in [0.29, 0.717) is 25.4 Å². The third kappa shape index (κ3) is 4.57. The van der Waals surface area contributed by atoms with Gasteiger partial charge < -0.3 is 10.2 Å². The summed E-state index contributed by atoms with van der Waals surface area (Å²) in [4.78, 5) is 26.2. The first-order valence-electron chi connectivity index (χ1n) is 8.71. The van der Waals surface area contributed by atoms with Gasteiger partial charge in [0.25, 0.3) is 0 Å². The van der Waals surface area contributed by atoms with Gasteiger partial charge in [-0.2, -0.15) is 0 Å². The number of rotatable bonds is 7. The minimum atomic E-state index is -0.228. The Balaban J connectivity index is 1.92. The van der Waals surface area contributed by atoms with E-state index in [1.165, 1.54) is 5.56 Å². The first-order chi connectivity index (χ1) is 11.0. The number of amides is 2. The predicted molar refractivity (Wildman–Crippen MR) is 93.5 cm³/mol. The van der Waals surface area contributed by atoms with Crippen molar-refractivity contribution in [2.45, 2.75) is 52.4 Å². The van der Waals surface area contributed by atoms with Crippen molar-refractivity contribution in [3.8, 4) is 0 Å². The van der Waals surface area contributed by atoms with Crippen LogP contribution in [0.4, 0.5) is 5.69 Å². The lowest BCUT2D eigenvalue weighted by Crippen LogP contribution is -2.33. The molecule has 0 saturated carbocycles. The van der Waals surface area contributed by atoms with Crippen LogP contribution in [0.3, 0.4) is 0 Å². The summed E-state index contributed by atoms with van der Waals surface area (Å²) in [5, 5.41) is 2.96. The zero-order valence-electron chi connectivity index (χ0n) is 14.5. The Labute approximate surface area is 139 Å². The Hall–Kier alpha value is -1.84. The second-order valence-corrected chi connectivity index (χ2v) is 6.65. The summed E-state index contributed by atoms with van der Waals surface area (Å²) >= 11 is 0. The van der Waals surface area contributed by atoms with Crippen LogP contribution in [0.25, 0.3) is 0 Å². The second kappa shape index (κ2) is 8.14. The van der Waals surface area contributed by atoms with Crippen LogP contribution in [0.5, 0.6) is 0 Å². The zero-order valence-corrected chi connectivity index (χ0v) is 14.5. The molecule has 1 aromatic carbocycles. The summed E-state index contributed by atoms with van der Waals surface area (Å²) in [6.07, 6.45) is 3.57. The summed E-state index contributed by atoms with van der Waals surface area (Å²) < 4.78 is 0. The van der Waals surface area contributed by atoms with Gasteiger partial charge in [-0.15, -0.1) is 0 Å². The first-order valence-corrected chi connectivity index (χ1v) is 8.71. The molecule has 0 spiro atoms. The van der Waals surface area contributed by atoms with Gasteiger partial charge in [-0.3, -0.25) is 9.59 Å². The minimum absolute atomic E-state index is 0.00996. The van der Waals surface area contributed by atoms with Gasteiger partial charge >= 0.3 is 0 Å². The Morgan fingerprint density at radius 1 is 1.26 bits per heavy atom. The number of hydrogen-bond donors (Lipinski definition) is 1. The molecule has 1 atom stereocenters. The van der Waals surface area contributed by atoms with Gasteiger partial charge in [-0.25, -0.2) is 0 Å². The van der Waals surface area contributed by atoms with Crippen LogP contribution in [0.2, 0.25) is 0 Å². The summed E-state index contributed by atoms with van der Waals surface area (Å²) in [7, 11) is 0. The molecule has 2 rings (SSSR count). The number of nitrogens with one attached hydrogen (secondary N) is 1. The van der Waals surface area contributed by atoms with Crippen molar-refractivity contribution in [2.75, 3.05) is 18.0 Å². The number of carbonyl (C=O) groups is 2. The monoisotopic (exact) mass is 316 g/mol. The maximum absolute atomic E-state index is 12.2. The van der Waals surface area contributed by atoms with Crippen molar-refractivity contribution in [3.63, 3.8) is 0 Å². The van der Waals surface area contributed by atoms with Gasteiger partial charge in [-0.05, 0) is 30.0 Å². The van der Waals surface area contributed by atoms with E-state index in [-0.39, 0.29) is 17.7 Å². The Morgan fingerprint density at radius 3 is 2.57 bits per heavy atom. The number of carbonyl (C=O) groups excluding carboxylic acids is 2. The fourth-order valence-electron chi connectivity index (χ4n) is 2.90. The van der Waals surface area contributed by atoms with Crippen LogP contribution in [-0.4, -0.2) is 24.9 Å². The van der Waals surface area contributed by atoms with Gasteiger partial charge in [-0.1, -0.05) is 45.7 Å². The van der Waals surface area contributed by atoms with Crippen LogP contribution in [-0.2, 0) is 9.59 Å². The van der Waals surface area contributed by atoms with E-state index >= 15 is 0 Å². The fourth-order valence-corrected chi connectivity index (χ4v) is 2.90. The number of benzene rings is 1. The summed E-state index contributed by atoms with van der Waals surface area (Å²) in [5.41, 5.74) is 2.14. The normalized spacial score (nSPS) is 17.8. The summed E-state index contributed by atoms with van der Waals surface area (Å²) in [6, 6.07) is 8.08. The molecule has 0 radical (unpaired) electrons.